The Morgan fingerprint density at radius 3 is 2.84 bits per heavy atom. The van der Waals surface area contributed by atoms with E-state index in [9.17, 15) is 13.6 Å². The van der Waals surface area contributed by atoms with Crippen LogP contribution in [0, 0.1) is 11.6 Å². The number of nitrogens with one attached hydrogen (secondary N) is 2. The van der Waals surface area contributed by atoms with Gasteiger partial charge in [0.1, 0.15) is 11.3 Å². The average Bonchev–Trinajstić information content (AvgIpc) is 3.27. The Labute approximate surface area is 140 Å². The topological polar surface area (TPSA) is 75.1 Å². The van der Waals surface area contributed by atoms with Crippen LogP contribution in [0.15, 0.2) is 55.2 Å². The van der Waals surface area contributed by atoms with E-state index in [2.05, 4.69) is 20.3 Å². The molecule has 0 atom stereocenters. The van der Waals surface area contributed by atoms with Gasteiger partial charge >= 0.3 is 0 Å². The highest BCUT2D eigenvalue weighted by Crippen LogP contribution is 2.19. The van der Waals surface area contributed by atoms with Gasteiger partial charge in [-0.3, -0.25) is 4.79 Å². The third kappa shape index (κ3) is 2.74. The Balaban J connectivity index is 1.65. The van der Waals surface area contributed by atoms with E-state index in [0.717, 1.165) is 17.3 Å². The van der Waals surface area contributed by atoms with E-state index >= 15 is 0 Å². The predicted octanol–water partition coefficient (Wildman–Crippen LogP) is 3.25. The minimum Gasteiger partial charge on any atom is -0.345 e. The van der Waals surface area contributed by atoms with Crippen molar-refractivity contribution in [3.05, 3.63) is 72.6 Å². The molecule has 1 amide bonds. The normalized spacial score (nSPS) is 11.0. The molecule has 3 aromatic heterocycles. The van der Waals surface area contributed by atoms with Crippen molar-refractivity contribution in [2.75, 3.05) is 5.32 Å². The molecule has 124 valence electrons. The first-order valence-corrected chi connectivity index (χ1v) is 7.35. The monoisotopic (exact) mass is 339 g/mol. The maximum atomic E-state index is 13.7. The van der Waals surface area contributed by atoms with Gasteiger partial charge in [-0.2, -0.15) is 0 Å². The summed E-state index contributed by atoms with van der Waals surface area (Å²) in [7, 11) is 0. The first-order valence-electron chi connectivity index (χ1n) is 7.35. The largest absolute Gasteiger partial charge is 0.345 e. The average molecular weight is 339 g/mol. The highest BCUT2D eigenvalue weighted by molar-refractivity contribution is 6.03. The molecule has 0 aliphatic rings. The van der Waals surface area contributed by atoms with E-state index in [4.69, 9.17) is 0 Å². The summed E-state index contributed by atoms with van der Waals surface area (Å²) >= 11 is 0. The number of amides is 1. The number of halogens is 2. The van der Waals surface area contributed by atoms with Crippen molar-refractivity contribution in [2.24, 2.45) is 0 Å². The van der Waals surface area contributed by atoms with E-state index in [-0.39, 0.29) is 11.4 Å². The van der Waals surface area contributed by atoms with Gasteiger partial charge in [-0.1, -0.05) is 6.07 Å². The van der Waals surface area contributed by atoms with E-state index in [0.29, 0.717) is 5.65 Å². The van der Waals surface area contributed by atoms with Gasteiger partial charge in [-0.05, 0) is 24.3 Å². The van der Waals surface area contributed by atoms with Crippen molar-refractivity contribution < 1.29 is 13.6 Å². The number of benzene rings is 1. The summed E-state index contributed by atoms with van der Waals surface area (Å²) in [5, 5.41) is 2.32. The summed E-state index contributed by atoms with van der Waals surface area (Å²) in [6.07, 6.45) is 6.55. The van der Waals surface area contributed by atoms with E-state index < -0.39 is 17.5 Å². The van der Waals surface area contributed by atoms with Crippen LogP contribution < -0.4 is 5.32 Å². The van der Waals surface area contributed by atoms with E-state index in [1.807, 2.05) is 6.07 Å². The standard InChI is InChI=1S/C17H11F2N5O/c18-11-2-1-3-12(16(11)19)23-17(25)14-8-24-7-10(4-5-15(24)22-14)13-6-20-9-21-13/h1-9H,(H,20,21)(H,23,25). The molecule has 0 aliphatic carbocycles. The maximum Gasteiger partial charge on any atom is 0.275 e. The lowest BCUT2D eigenvalue weighted by molar-refractivity contribution is 0.102. The van der Waals surface area contributed by atoms with E-state index in [1.54, 1.807) is 29.2 Å². The number of carbonyl (C=O) groups is 1. The second-order valence-corrected chi connectivity index (χ2v) is 5.33. The summed E-state index contributed by atoms with van der Waals surface area (Å²) in [4.78, 5) is 23.4. The molecule has 4 aromatic rings. The molecule has 0 bridgehead atoms. The number of H-pyrrole nitrogens is 1. The predicted molar refractivity (Wildman–Crippen MR) is 87.1 cm³/mol. The van der Waals surface area contributed by atoms with Crippen LogP contribution in [0.2, 0.25) is 0 Å². The second-order valence-electron chi connectivity index (χ2n) is 5.33. The van der Waals surface area contributed by atoms with Crippen LogP contribution in [0.5, 0.6) is 0 Å². The lowest BCUT2D eigenvalue weighted by Crippen LogP contribution is -2.13. The number of rotatable bonds is 3. The van der Waals surface area contributed by atoms with Gasteiger partial charge in [0.15, 0.2) is 11.6 Å². The third-order valence-electron chi connectivity index (χ3n) is 3.69. The molecular formula is C17H11F2N5O. The molecule has 4 rings (SSSR count). The number of anilines is 1. The molecule has 3 heterocycles. The number of imidazole rings is 2. The highest BCUT2D eigenvalue weighted by Gasteiger charge is 2.15. The molecule has 6 nitrogen and oxygen atoms in total. The Kier molecular flexibility index (Phi) is 3.50. The van der Waals surface area contributed by atoms with Crippen LogP contribution in [0.1, 0.15) is 10.5 Å². The molecule has 8 heteroatoms. The Morgan fingerprint density at radius 1 is 1.16 bits per heavy atom. The number of carbonyl (C=O) groups excluding carboxylic acids is 1. The first-order chi connectivity index (χ1) is 12.1. The van der Waals surface area contributed by atoms with Crippen LogP contribution in [-0.2, 0) is 0 Å². The second kappa shape index (κ2) is 5.82. The molecular weight excluding hydrogens is 328 g/mol. The van der Waals surface area contributed by atoms with Gasteiger partial charge in [0.25, 0.3) is 5.91 Å². The summed E-state index contributed by atoms with van der Waals surface area (Å²) in [6, 6.07) is 7.16. The van der Waals surface area contributed by atoms with Crippen LogP contribution >= 0.6 is 0 Å². The number of pyridine rings is 1. The number of aromatic amines is 1. The van der Waals surface area contributed by atoms with Crippen molar-refractivity contribution in [3.63, 3.8) is 0 Å². The smallest absolute Gasteiger partial charge is 0.275 e. The Morgan fingerprint density at radius 2 is 2.04 bits per heavy atom. The zero-order valence-electron chi connectivity index (χ0n) is 12.7. The van der Waals surface area contributed by atoms with Crippen molar-refractivity contribution in [3.8, 4) is 11.3 Å². The lowest BCUT2D eigenvalue weighted by Gasteiger charge is -2.04. The van der Waals surface area contributed by atoms with Gasteiger partial charge < -0.3 is 14.7 Å². The molecule has 0 saturated carbocycles. The van der Waals surface area contributed by atoms with E-state index in [1.165, 1.54) is 18.3 Å². The molecule has 0 fully saturated rings. The molecule has 0 unspecified atom stereocenters. The molecule has 0 aliphatic heterocycles. The highest BCUT2D eigenvalue weighted by atomic mass is 19.2. The van der Waals surface area contributed by atoms with Crippen LogP contribution in [-0.4, -0.2) is 25.3 Å². The first kappa shape index (κ1) is 15.0. The van der Waals surface area contributed by atoms with Gasteiger partial charge in [0.2, 0.25) is 0 Å². The molecule has 25 heavy (non-hydrogen) atoms. The minimum atomic E-state index is -1.11. The summed E-state index contributed by atoms with van der Waals surface area (Å²) in [5.74, 6) is -2.77. The van der Waals surface area contributed by atoms with Crippen molar-refractivity contribution in [1.29, 1.82) is 0 Å². The summed E-state index contributed by atoms with van der Waals surface area (Å²) in [5.41, 5.74) is 2.09. The van der Waals surface area contributed by atoms with Crippen LogP contribution in [0.3, 0.4) is 0 Å². The number of fused-ring (bicyclic) bond motifs is 1. The Hall–Kier alpha value is -3.55. The van der Waals surface area contributed by atoms with Gasteiger partial charge in [-0.15, -0.1) is 0 Å². The number of aromatic nitrogens is 4. The van der Waals surface area contributed by atoms with Gasteiger partial charge in [0, 0.05) is 18.0 Å². The van der Waals surface area contributed by atoms with Crippen LogP contribution in [0.25, 0.3) is 16.9 Å². The number of hydrogen-bond acceptors (Lipinski definition) is 3. The quantitative estimate of drug-likeness (QED) is 0.602. The Bertz CT molecular complexity index is 1070. The van der Waals surface area contributed by atoms with Crippen LogP contribution in [0.4, 0.5) is 14.5 Å². The van der Waals surface area contributed by atoms with Gasteiger partial charge in [-0.25, -0.2) is 18.7 Å². The zero-order chi connectivity index (χ0) is 17.4. The van der Waals surface area contributed by atoms with Gasteiger partial charge in [0.05, 0.1) is 23.9 Å². The zero-order valence-corrected chi connectivity index (χ0v) is 12.7. The fourth-order valence-corrected chi connectivity index (χ4v) is 2.46. The van der Waals surface area contributed by atoms with Crippen molar-refractivity contribution in [1.82, 2.24) is 19.4 Å². The molecule has 0 spiro atoms. The fourth-order valence-electron chi connectivity index (χ4n) is 2.46. The number of nitrogens with zero attached hydrogens (tertiary/aromatic N) is 3. The SMILES string of the molecule is O=C(Nc1cccc(F)c1F)c1cn2cc(-c3cnc[nH]3)ccc2n1. The third-order valence-corrected chi connectivity index (χ3v) is 3.69. The van der Waals surface area contributed by atoms with Crippen molar-refractivity contribution >= 4 is 17.2 Å². The number of hydrogen-bond donors (Lipinski definition) is 2. The molecule has 0 radical (unpaired) electrons. The molecule has 2 N–H and O–H groups in total. The molecule has 1 aromatic carbocycles. The maximum absolute atomic E-state index is 13.7. The summed E-state index contributed by atoms with van der Waals surface area (Å²) in [6.45, 7) is 0. The minimum absolute atomic E-state index is 0.0884. The molecule has 0 saturated heterocycles. The lowest BCUT2D eigenvalue weighted by atomic mass is 10.2. The summed E-state index contributed by atoms with van der Waals surface area (Å²) < 4.78 is 28.6. The fraction of sp³-hybridized carbons (Fsp3) is 0. The van der Waals surface area contributed by atoms with Crippen molar-refractivity contribution in [2.45, 2.75) is 0 Å².